The Labute approximate surface area is 116 Å². The number of nitrogen functional groups attached to an aromatic ring is 1. The normalized spacial score (nSPS) is 11.0. The highest BCUT2D eigenvalue weighted by Gasteiger charge is 2.10. The zero-order chi connectivity index (χ0) is 13.2. The van der Waals surface area contributed by atoms with Crippen molar-refractivity contribution in [3.8, 4) is 0 Å². The number of rotatable bonds is 3. The summed E-state index contributed by atoms with van der Waals surface area (Å²) < 4.78 is 0. The van der Waals surface area contributed by atoms with Gasteiger partial charge in [0.2, 0.25) is 0 Å². The van der Waals surface area contributed by atoms with Crippen molar-refractivity contribution in [3.05, 3.63) is 18.7 Å². The molecule has 3 aromatic rings. The summed E-state index contributed by atoms with van der Waals surface area (Å²) in [7, 11) is 0. The Bertz CT molecular complexity index is 727. The van der Waals surface area contributed by atoms with Crippen LogP contribution < -0.4 is 5.73 Å². The number of aromatic nitrogens is 6. The van der Waals surface area contributed by atoms with Crippen molar-refractivity contribution in [1.82, 2.24) is 29.9 Å². The van der Waals surface area contributed by atoms with Crippen molar-refractivity contribution in [3.63, 3.8) is 0 Å². The number of hydrogen-bond acceptors (Lipinski definition) is 8. The summed E-state index contributed by atoms with van der Waals surface area (Å²) in [5.74, 6) is 0.441. The average molecular weight is 291 g/mol. The third-order valence-corrected chi connectivity index (χ3v) is 3.74. The highest BCUT2D eigenvalue weighted by Crippen LogP contribution is 2.29. The third-order valence-electron chi connectivity index (χ3n) is 2.27. The molecule has 0 saturated carbocycles. The maximum Gasteiger partial charge on any atom is 0.190 e. The fraction of sp³-hybridized carbons (Fsp3) is 0.100. The van der Waals surface area contributed by atoms with Crippen molar-refractivity contribution >= 4 is 40.5 Å². The molecule has 19 heavy (non-hydrogen) atoms. The molecule has 0 amide bonds. The van der Waals surface area contributed by atoms with E-state index in [1.54, 1.807) is 12.4 Å². The number of aromatic amines is 1. The van der Waals surface area contributed by atoms with E-state index in [1.807, 2.05) is 6.26 Å². The van der Waals surface area contributed by atoms with Crippen LogP contribution in [0.5, 0.6) is 0 Å². The van der Waals surface area contributed by atoms with Crippen LogP contribution in [0.3, 0.4) is 0 Å². The predicted octanol–water partition coefficient (Wildman–Crippen LogP) is 1.60. The smallest absolute Gasteiger partial charge is 0.190 e. The van der Waals surface area contributed by atoms with Gasteiger partial charge in [-0.1, -0.05) is 11.8 Å². The van der Waals surface area contributed by atoms with Crippen molar-refractivity contribution in [2.24, 2.45) is 0 Å². The highest BCUT2D eigenvalue weighted by atomic mass is 32.2. The van der Waals surface area contributed by atoms with Crippen LogP contribution in [0.4, 0.5) is 5.82 Å². The third kappa shape index (κ3) is 2.47. The second kappa shape index (κ2) is 5.02. The van der Waals surface area contributed by atoms with Crippen LogP contribution in [0.25, 0.3) is 11.2 Å². The molecule has 0 radical (unpaired) electrons. The van der Waals surface area contributed by atoms with Gasteiger partial charge in [-0.05, 0) is 18.0 Å². The largest absolute Gasteiger partial charge is 0.384 e. The minimum Gasteiger partial charge on any atom is -0.384 e. The second-order valence-corrected chi connectivity index (χ2v) is 5.28. The Morgan fingerprint density at radius 1 is 1.21 bits per heavy atom. The molecule has 0 aliphatic carbocycles. The SMILES string of the molecule is CSc1nc(N)cc(Sc2ncnc3nc[nH]c23)n1. The Morgan fingerprint density at radius 2 is 2.11 bits per heavy atom. The number of nitrogens with two attached hydrogens (primary N) is 1. The number of nitrogens with one attached hydrogen (secondary N) is 1. The molecule has 0 atom stereocenters. The summed E-state index contributed by atoms with van der Waals surface area (Å²) in [6.45, 7) is 0. The van der Waals surface area contributed by atoms with E-state index in [1.165, 1.54) is 29.9 Å². The first-order valence-corrected chi connectivity index (χ1v) is 7.31. The zero-order valence-electron chi connectivity index (χ0n) is 9.86. The molecule has 0 bridgehead atoms. The summed E-state index contributed by atoms with van der Waals surface area (Å²) in [4.78, 5) is 23.9. The lowest BCUT2D eigenvalue weighted by Crippen LogP contribution is -1.96. The van der Waals surface area contributed by atoms with E-state index in [0.29, 0.717) is 16.6 Å². The summed E-state index contributed by atoms with van der Waals surface area (Å²) in [6.07, 6.45) is 4.97. The van der Waals surface area contributed by atoms with Gasteiger partial charge in [0.05, 0.1) is 6.33 Å². The van der Waals surface area contributed by atoms with E-state index >= 15 is 0 Å². The minimum absolute atomic E-state index is 0.441. The Kier molecular flexibility index (Phi) is 3.22. The van der Waals surface area contributed by atoms with E-state index in [0.717, 1.165) is 15.6 Å². The topological polar surface area (TPSA) is 106 Å². The molecule has 3 heterocycles. The molecule has 0 fully saturated rings. The van der Waals surface area contributed by atoms with Gasteiger partial charge in [0.15, 0.2) is 10.8 Å². The Morgan fingerprint density at radius 3 is 2.95 bits per heavy atom. The number of thioether (sulfide) groups is 1. The molecule has 0 aromatic carbocycles. The highest BCUT2D eigenvalue weighted by molar-refractivity contribution is 7.99. The van der Waals surface area contributed by atoms with Crippen LogP contribution in [-0.4, -0.2) is 36.2 Å². The van der Waals surface area contributed by atoms with Crippen LogP contribution >= 0.6 is 23.5 Å². The number of anilines is 1. The van der Waals surface area contributed by atoms with Gasteiger partial charge in [0, 0.05) is 6.07 Å². The molecule has 96 valence electrons. The monoisotopic (exact) mass is 291 g/mol. The number of H-pyrrole nitrogens is 1. The lowest BCUT2D eigenvalue weighted by Gasteiger charge is -2.03. The lowest BCUT2D eigenvalue weighted by atomic mass is 10.6. The lowest BCUT2D eigenvalue weighted by molar-refractivity contribution is 0.900. The van der Waals surface area contributed by atoms with Gasteiger partial charge in [-0.2, -0.15) is 0 Å². The van der Waals surface area contributed by atoms with Crippen molar-refractivity contribution < 1.29 is 0 Å². The zero-order valence-corrected chi connectivity index (χ0v) is 11.5. The van der Waals surface area contributed by atoms with Gasteiger partial charge in [-0.3, -0.25) is 0 Å². The maximum atomic E-state index is 5.75. The van der Waals surface area contributed by atoms with Crippen molar-refractivity contribution in [1.29, 1.82) is 0 Å². The summed E-state index contributed by atoms with van der Waals surface area (Å²) in [5, 5.41) is 2.14. The standard InChI is InChI=1S/C10H9N7S2/c1-18-10-16-5(11)2-6(17-10)19-9-7-8(13-3-12-7)14-4-15-9/h2-4H,1H3,(H2,11,16,17)(H,12,13,14,15). The first-order chi connectivity index (χ1) is 9.26. The number of nitrogens with zero attached hydrogens (tertiary/aromatic N) is 5. The predicted molar refractivity (Wildman–Crippen MR) is 74.0 cm³/mol. The first kappa shape index (κ1) is 12.2. The maximum absolute atomic E-state index is 5.75. The molecular formula is C10H9N7S2. The number of hydrogen-bond donors (Lipinski definition) is 2. The van der Waals surface area contributed by atoms with Gasteiger partial charge in [0.25, 0.3) is 0 Å². The van der Waals surface area contributed by atoms with Gasteiger partial charge < -0.3 is 10.7 Å². The molecule has 0 spiro atoms. The van der Waals surface area contributed by atoms with E-state index < -0.39 is 0 Å². The number of fused-ring (bicyclic) bond motifs is 1. The van der Waals surface area contributed by atoms with Gasteiger partial charge in [0.1, 0.15) is 27.7 Å². The molecular weight excluding hydrogens is 282 g/mol. The van der Waals surface area contributed by atoms with Crippen molar-refractivity contribution in [2.45, 2.75) is 15.2 Å². The summed E-state index contributed by atoms with van der Waals surface area (Å²) in [5.41, 5.74) is 7.17. The summed E-state index contributed by atoms with van der Waals surface area (Å²) >= 11 is 2.84. The Balaban J connectivity index is 2.01. The minimum atomic E-state index is 0.441. The fourth-order valence-corrected chi connectivity index (χ4v) is 2.79. The van der Waals surface area contributed by atoms with Crippen LogP contribution in [0.15, 0.2) is 33.9 Å². The summed E-state index contributed by atoms with van der Waals surface area (Å²) in [6, 6.07) is 1.72. The second-order valence-electron chi connectivity index (χ2n) is 3.50. The molecule has 3 aromatic heterocycles. The van der Waals surface area contributed by atoms with Gasteiger partial charge in [-0.25, -0.2) is 24.9 Å². The fourth-order valence-electron chi connectivity index (χ4n) is 1.48. The van der Waals surface area contributed by atoms with Crippen LogP contribution in [0.2, 0.25) is 0 Å². The van der Waals surface area contributed by atoms with Crippen LogP contribution in [0.1, 0.15) is 0 Å². The van der Waals surface area contributed by atoms with Crippen molar-refractivity contribution in [2.75, 3.05) is 12.0 Å². The molecule has 0 aliphatic heterocycles. The van der Waals surface area contributed by atoms with E-state index in [4.69, 9.17) is 5.73 Å². The van der Waals surface area contributed by atoms with E-state index in [-0.39, 0.29) is 0 Å². The molecule has 3 rings (SSSR count). The molecule has 9 heteroatoms. The molecule has 7 nitrogen and oxygen atoms in total. The molecule has 3 N–H and O–H groups in total. The van der Waals surface area contributed by atoms with E-state index in [9.17, 15) is 0 Å². The van der Waals surface area contributed by atoms with Crippen LogP contribution in [0, 0.1) is 0 Å². The molecule has 0 aliphatic rings. The average Bonchev–Trinajstić information content (AvgIpc) is 2.87. The first-order valence-electron chi connectivity index (χ1n) is 5.27. The van der Waals surface area contributed by atoms with Crippen LogP contribution in [-0.2, 0) is 0 Å². The van der Waals surface area contributed by atoms with Gasteiger partial charge >= 0.3 is 0 Å². The molecule has 0 unspecified atom stereocenters. The molecule has 0 saturated heterocycles. The number of imidazole rings is 1. The Hall–Kier alpha value is -1.87. The quantitative estimate of drug-likeness (QED) is 0.426. The van der Waals surface area contributed by atoms with E-state index in [2.05, 4.69) is 29.9 Å². The van der Waals surface area contributed by atoms with Gasteiger partial charge in [-0.15, -0.1) is 0 Å².